The number of hydrogen-bond donors (Lipinski definition) is 0. The molecule has 0 radical (unpaired) electrons. The van der Waals surface area contributed by atoms with Crippen LogP contribution < -0.4 is 87.6 Å². The van der Waals surface area contributed by atoms with E-state index in [4.69, 9.17) is 28.2 Å². The summed E-state index contributed by atoms with van der Waals surface area (Å²) in [6, 6.07) is 7.29. The van der Waals surface area contributed by atoms with Crippen molar-refractivity contribution in [2.75, 3.05) is 28.4 Å². The van der Waals surface area contributed by atoms with Crippen LogP contribution in [0.1, 0.15) is 17.4 Å². The molecule has 0 aromatic heterocycles. The maximum Gasteiger partial charge on any atom is 1.00 e. The van der Waals surface area contributed by atoms with Crippen LogP contribution in [-0.2, 0) is 20.6 Å². The zero-order valence-electron chi connectivity index (χ0n) is 17.7. The predicted molar refractivity (Wildman–Crippen MR) is 94.3 cm³/mol. The third-order valence-corrected chi connectivity index (χ3v) is 4.71. The van der Waals surface area contributed by atoms with Gasteiger partial charge in [0.2, 0.25) is 11.5 Å². The van der Waals surface area contributed by atoms with Crippen LogP contribution in [0.15, 0.2) is 24.3 Å². The summed E-state index contributed by atoms with van der Waals surface area (Å²) in [7, 11) is 0.000823. The smallest absolute Gasteiger partial charge is 0.780 e. The maximum atomic E-state index is 11.5. The molecule has 0 fully saturated rings. The number of ether oxygens (including phenoxy) is 5. The van der Waals surface area contributed by atoms with Gasteiger partial charge in [-0.25, -0.2) is 0 Å². The van der Waals surface area contributed by atoms with Gasteiger partial charge in [0, 0.05) is 12.7 Å². The zero-order valence-corrected chi connectivity index (χ0v) is 22.6. The zero-order chi connectivity index (χ0) is 20.5. The molecule has 1 heterocycles. The molecule has 1 atom stereocenters. The maximum absolute atomic E-state index is 11.5. The number of benzene rings is 2. The molecule has 1 aliphatic rings. The van der Waals surface area contributed by atoms with E-state index in [-0.39, 0.29) is 94.3 Å². The van der Waals surface area contributed by atoms with Crippen molar-refractivity contribution in [1.29, 1.82) is 0 Å². The largest absolute Gasteiger partial charge is 1.00 e. The standard InChI is InChI=1S/C18H21O9P.2Na/c1-22-14-12-11-8-6-5-7-10(11)9-26-18(25-4)13(12)15(27-28(19,20)21)17(24-3)16(14)23-2;;/h5-8,18H,9H2,1-4H3,(H2,19,20,21);;/q;2*+1/p-2. The molecule has 152 valence electrons. The number of phosphoric acid groups is 1. The monoisotopic (exact) mass is 456 g/mol. The first-order valence-corrected chi connectivity index (χ1v) is 9.62. The van der Waals surface area contributed by atoms with Crippen molar-refractivity contribution in [1.82, 2.24) is 0 Å². The minimum absolute atomic E-state index is 0. The van der Waals surface area contributed by atoms with Gasteiger partial charge in [0.15, 0.2) is 17.8 Å². The van der Waals surface area contributed by atoms with Gasteiger partial charge in [-0.3, -0.25) is 0 Å². The van der Waals surface area contributed by atoms with Crippen molar-refractivity contribution in [3.05, 3.63) is 35.4 Å². The van der Waals surface area contributed by atoms with Crippen molar-refractivity contribution in [2.24, 2.45) is 0 Å². The molecule has 0 N–H and O–H groups in total. The first-order valence-electron chi connectivity index (χ1n) is 8.16. The minimum Gasteiger partial charge on any atom is -0.780 e. The van der Waals surface area contributed by atoms with Gasteiger partial charge in [-0.2, -0.15) is 0 Å². The minimum atomic E-state index is -5.45. The van der Waals surface area contributed by atoms with E-state index in [9.17, 15) is 14.4 Å². The van der Waals surface area contributed by atoms with E-state index < -0.39 is 14.1 Å². The fourth-order valence-electron chi connectivity index (χ4n) is 3.26. The molecule has 1 aliphatic heterocycles. The van der Waals surface area contributed by atoms with E-state index in [1.165, 1.54) is 28.4 Å². The third kappa shape index (κ3) is 5.36. The van der Waals surface area contributed by atoms with Crippen molar-refractivity contribution in [2.45, 2.75) is 12.9 Å². The van der Waals surface area contributed by atoms with Gasteiger partial charge in [-0.1, -0.05) is 24.3 Å². The second kappa shape index (κ2) is 11.5. The fraction of sp³-hybridized carbons (Fsp3) is 0.333. The van der Waals surface area contributed by atoms with E-state index in [0.29, 0.717) is 11.1 Å². The van der Waals surface area contributed by atoms with Crippen molar-refractivity contribution in [3.63, 3.8) is 0 Å². The Morgan fingerprint density at radius 1 is 0.933 bits per heavy atom. The van der Waals surface area contributed by atoms with Crippen LogP contribution >= 0.6 is 7.82 Å². The second-order valence-corrected chi connectivity index (χ2v) is 6.87. The van der Waals surface area contributed by atoms with E-state index in [2.05, 4.69) is 0 Å². The summed E-state index contributed by atoms with van der Waals surface area (Å²) in [5.74, 6) is -0.172. The predicted octanol–water partition coefficient (Wildman–Crippen LogP) is -4.23. The van der Waals surface area contributed by atoms with Crippen molar-refractivity contribution < 1.29 is 102 Å². The molecule has 0 aliphatic carbocycles. The Bertz CT molecular complexity index is 932. The summed E-state index contributed by atoms with van der Waals surface area (Å²) >= 11 is 0. The molecule has 3 rings (SSSR count). The van der Waals surface area contributed by atoms with Crippen molar-refractivity contribution >= 4 is 7.82 Å². The molecule has 2 aromatic rings. The van der Waals surface area contributed by atoms with Gasteiger partial charge in [0.1, 0.15) is 7.82 Å². The quantitative estimate of drug-likeness (QED) is 0.315. The molecular formula is C18H19Na2O9P. The number of methoxy groups -OCH3 is 4. The van der Waals surface area contributed by atoms with Gasteiger partial charge in [-0.15, -0.1) is 0 Å². The van der Waals surface area contributed by atoms with Crippen LogP contribution in [0.2, 0.25) is 0 Å². The van der Waals surface area contributed by atoms with Crippen LogP contribution in [0.5, 0.6) is 23.0 Å². The molecule has 0 bridgehead atoms. The number of fused-ring (bicyclic) bond motifs is 3. The van der Waals surface area contributed by atoms with E-state index >= 15 is 0 Å². The molecule has 0 saturated heterocycles. The Morgan fingerprint density at radius 3 is 2.03 bits per heavy atom. The molecule has 0 saturated carbocycles. The van der Waals surface area contributed by atoms with Gasteiger partial charge in [0.05, 0.1) is 33.5 Å². The molecule has 12 heteroatoms. The number of rotatable bonds is 6. The summed E-state index contributed by atoms with van der Waals surface area (Å²) in [6.07, 6.45) is -1.06. The molecular weight excluding hydrogens is 437 g/mol. The Kier molecular flexibility index (Phi) is 10.7. The third-order valence-electron chi connectivity index (χ3n) is 4.30. The normalized spacial score (nSPS) is 14.8. The Hall–Kier alpha value is -0.290. The number of phosphoric ester groups is 1. The Morgan fingerprint density at radius 2 is 1.50 bits per heavy atom. The fourth-order valence-corrected chi connectivity index (χ4v) is 3.67. The SMILES string of the molecule is COc1c(OC)c(OP(=O)([O-])[O-])c2c(c1OC)-c1ccccc1COC2OC.[Na+].[Na+]. The summed E-state index contributed by atoms with van der Waals surface area (Å²) in [5, 5.41) is 0. The molecule has 0 spiro atoms. The molecule has 1 unspecified atom stereocenters. The van der Waals surface area contributed by atoms with Crippen LogP contribution in [0.25, 0.3) is 11.1 Å². The van der Waals surface area contributed by atoms with E-state index in [1.54, 1.807) is 6.07 Å². The summed E-state index contributed by atoms with van der Waals surface area (Å²) in [4.78, 5) is 23.0. The molecule has 0 amide bonds. The van der Waals surface area contributed by atoms with Crippen LogP contribution in [0.4, 0.5) is 0 Å². The number of hydrogen-bond acceptors (Lipinski definition) is 9. The van der Waals surface area contributed by atoms with Gasteiger partial charge < -0.3 is 42.6 Å². The van der Waals surface area contributed by atoms with Crippen molar-refractivity contribution in [3.8, 4) is 34.1 Å². The van der Waals surface area contributed by atoms with Crippen LogP contribution in [0.3, 0.4) is 0 Å². The molecule has 2 aromatic carbocycles. The summed E-state index contributed by atoms with van der Waals surface area (Å²) in [6.45, 7) is 0.170. The average Bonchev–Trinajstić information content (AvgIpc) is 2.83. The summed E-state index contributed by atoms with van der Waals surface area (Å²) < 4.78 is 43.7. The molecule has 9 nitrogen and oxygen atoms in total. The second-order valence-electron chi connectivity index (χ2n) is 5.79. The first kappa shape index (κ1) is 27.7. The van der Waals surface area contributed by atoms with Crippen LogP contribution in [-0.4, -0.2) is 28.4 Å². The summed E-state index contributed by atoms with van der Waals surface area (Å²) in [5.41, 5.74) is 2.05. The Labute approximate surface area is 218 Å². The molecule has 30 heavy (non-hydrogen) atoms. The van der Waals surface area contributed by atoms with Gasteiger partial charge in [-0.05, 0) is 11.1 Å². The van der Waals surface area contributed by atoms with E-state index in [1.807, 2.05) is 18.2 Å². The topological polar surface area (TPSA) is 119 Å². The Balaban J connectivity index is 0.00000225. The van der Waals surface area contributed by atoms with E-state index in [0.717, 1.165) is 5.56 Å². The first-order chi connectivity index (χ1) is 13.4. The van der Waals surface area contributed by atoms with Gasteiger partial charge >= 0.3 is 59.1 Å². The van der Waals surface area contributed by atoms with Gasteiger partial charge in [0.25, 0.3) is 0 Å². The van der Waals surface area contributed by atoms with Crippen LogP contribution in [0, 0.1) is 0 Å². The average molecular weight is 456 g/mol.